The lowest BCUT2D eigenvalue weighted by Crippen LogP contribution is -2.12. The lowest BCUT2D eigenvalue weighted by atomic mass is 10.2. The van der Waals surface area contributed by atoms with Gasteiger partial charge in [0.05, 0.1) is 38.2 Å². The van der Waals surface area contributed by atoms with Crippen molar-refractivity contribution in [2.75, 3.05) is 19.5 Å². The SMILES string of the molecule is COc1ccc(NC(=O)c2cnn(Cc3ccccc3Cl)c2)c(OC)c1. The molecule has 26 heavy (non-hydrogen) atoms. The van der Waals surface area contributed by atoms with Gasteiger partial charge in [0, 0.05) is 17.3 Å². The third-order valence-electron chi connectivity index (χ3n) is 3.84. The predicted octanol–water partition coefficient (Wildman–Crippen LogP) is 3.85. The number of halogens is 1. The van der Waals surface area contributed by atoms with Crippen LogP contribution in [-0.2, 0) is 6.54 Å². The number of carbonyl (C=O) groups is 1. The van der Waals surface area contributed by atoms with Crippen molar-refractivity contribution in [2.24, 2.45) is 0 Å². The van der Waals surface area contributed by atoms with E-state index in [1.165, 1.54) is 13.3 Å². The van der Waals surface area contributed by atoms with Gasteiger partial charge >= 0.3 is 0 Å². The molecule has 0 bridgehead atoms. The molecule has 0 atom stereocenters. The molecule has 1 heterocycles. The highest BCUT2D eigenvalue weighted by molar-refractivity contribution is 6.31. The minimum absolute atomic E-state index is 0.279. The average Bonchev–Trinajstić information content (AvgIpc) is 3.12. The number of rotatable bonds is 6. The summed E-state index contributed by atoms with van der Waals surface area (Å²) >= 11 is 6.16. The smallest absolute Gasteiger partial charge is 0.258 e. The largest absolute Gasteiger partial charge is 0.497 e. The van der Waals surface area contributed by atoms with Gasteiger partial charge in [-0.05, 0) is 23.8 Å². The molecule has 2 aromatic carbocycles. The molecule has 1 aromatic heterocycles. The lowest BCUT2D eigenvalue weighted by Gasteiger charge is -2.11. The zero-order chi connectivity index (χ0) is 18.5. The van der Waals surface area contributed by atoms with Crippen LogP contribution in [-0.4, -0.2) is 29.9 Å². The normalized spacial score (nSPS) is 10.4. The van der Waals surface area contributed by atoms with E-state index in [1.54, 1.807) is 36.2 Å². The first kappa shape index (κ1) is 17.8. The second-order valence-corrected chi connectivity index (χ2v) is 5.95. The van der Waals surface area contributed by atoms with E-state index in [0.29, 0.717) is 34.3 Å². The van der Waals surface area contributed by atoms with E-state index in [9.17, 15) is 4.79 Å². The maximum atomic E-state index is 12.5. The van der Waals surface area contributed by atoms with Crippen molar-refractivity contribution >= 4 is 23.2 Å². The third kappa shape index (κ3) is 3.97. The first-order valence-electron chi connectivity index (χ1n) is 7.90. The van der Waals surface area contributed by atoms with Crippen LogP contribution in [0.2, 0.25) is 5.02 Å². The van der Waals surface area contributed by atoms with Gasteiger partial charge < -0.3 is 14.8 Å². The Bertz CT molecular complexity index is 924. The molecule has 0 spiro atoms. The summed E-state index contributed by atoms with van der Waals surface area (Å²) in [6.45, 7) is 0.485. The van der Waals surface area contributed by atoms with E-state index in [-0.39, 0.29) is 5.91 Å². The molecule has 3 rings (SSSR count). The molecular formula is C19H18ClN3O3. The number of nitrogens with one attached hydrogen (secondary N) is 1. The Balaban J connectivity index is 1.73. The summed E-state index contributed by atoms with van der Waals surface area (Å²) in [5.74, 6) is 0.882. The van der Waals surface area contributed by atoms with Gasteiger partial charge in [-0.25, -0.2) is 0 Å². The van der Waals surface area contributed by atoms with E-state index in [1.807, 2.05) is 24.3 Å². The molecule has 0 radical (unpaired) electrons. The van der Waals surface area contributed by atoms with E-state index in [0.717, 1.165) is 5.56 Å². The van der Waals surface area contributed by atoms with Crippen LogP contribution in [0.25, 0.3) is 0 Å². The van der Waals surface area contributed by atoms with Crippen molar-refractivity contribution in [1.82, 2.24) is 9.78 Å². The molecule has 0 saturated carbocycles. The molecule has 7 heteroatoms. The molecule has 3 aromatic rings. The Hall–Kier alpha value is -2.99. The van der Waals surface area contributed by atoms with Crippen LogP contribution in [0.4, 0.5) is 5.69 Å². The quantitative estimate of drug-likeness (QED) is 0.714. The number of anilines is 1. The second kappa shape index (κ2) is 7.93. The number of hydrogen-bond donors (Lipinski definition) is 1. The molecule has 0 aliphatic rings. The molecule has 134 valence electrons. The van der Waals surface area contributed by atoms with E-state index >= 15 is 0 Å². The van der Waals surface area contributed by atoms with Crippen molar-refractivity contribution in [2.45, 2.75) is 6.54 Å². The van der Waals surface area contributed by atoms with Crippen molar-refractivity contribution in [3.8, 4) is 11.5 Å². The van der Waals surface area contributed by atoms with Crippen LogP contribution in [0, 0.1) is 0 Å². The Morgan fingerprint density at radius 3 is 2.73 bits per heavy atom. The molecular weight excluding hydrogens is 354 g/mol. The maximum Gasteiger partial charge on any atom is 0.258 e. The van der Waals surface area contributed by atoms with Crippen molar-refractivity contribution in [1.29, 1.82) is 0 Å². The summed E-state index contributed by atoms with van der Waals surface area (Å²) in [6, 6.07) is 12.7. The minimum Gasteiger partial charge on any atom is -0.497 e. The van der Waals surface area contributed by atoms with E-state index < -0.39 is 0 Å². The van der Waals surface area contributed by atoms with Crippen molar-refractivity contribution in [3.05, 3.63) is 71.0 Å². The molecule has 0 aliphatic heterocycles. The van der Waals surface area contributed by atoms with Gasteiger partial charge in [0.1, 0.15) is 11.5 Å². The minimum atomic E-state index is -0.279. The third-order valence-corrected chi connectivity index (χ3v) is 4.21. The molecule has 0 saturated heterocycles. The number of nitrogens with zero attached hydrogens (tertiary/aromatic N) is 2. The van der Waals surface area contributed by atoms with Crippen LogP contribution < -0.4 is 14.8 Å². The maximum absolute atomic E-state index is 12.5. The standard InChI is InChI=1S/C19H18ClN3O3/c1-25-15-7-8-17(18(9-15)26-2)22-19(24)14-10-21-23(12-14)11-13-5-3-4-6-16(13)20/h3-10,12H,11H2,1-2H3,(H,22,24). The van der Waals surface area contributed by atoms with Crippen LogP contribution in [0.3, 0.4) is 0 Å². The highest BCUT2D eigenvalue weighted by Gasteiger charge is 2.13. The van der Waals surface area contributed by atoms with E-state index in [4.69, 9.17) is 21.1 Å². The predicted molar refractivity (Wildman–Crippen MR) is 100 cm³/mol. The van der Waals surface area contributed by atoms with Gasteiger partial charge in [-0.15, -0.1) is 0 Å². The monoisotopic (exact) mass is 371 g/mol. The molecule has 0 fully saturated rings. The summed E-state index contributed by atoms with van der Waals surface area (Å²) in [5, 5.41) is 7.71. The topological polar surface area (TPSA) is 65.4 Å². The first-order valence-corrected chi connectivity index (χ1v) is 8.27. The molecule has 1 amide bonds. The van der Waals surface area contributed by atoms with Gasteiger partial charge in [0.25, 0.3) is 5.91 Å². The van der Waals surface area contributed by atoms with Crippen molar-refractivity contribution in [3.63, 3.8) is 0 Å². The number of ether oxygens (including phenoxy) is 2. The van der Waals surface area contributed by atoms with Crippen LogP contribution in [0.1, 0.15) is 15.9 Å². The zero-order valence-corrected chi connectivity index (χ0v) is 15.2. The first-order chi connectivity index (χ1) is 12.6. The van der Waals surface area contributed by atoms with Crippen LogP contribution >= 0.6 is 11.6 Å². The van der Waals surface area contributed by atoms with E-state index in [2.05, 4.69) is 10.4 Å². The van der Waals surface area contributed by atoms with Gasteiger partial charge in [0.2, 0.25) is 0 Å². The summed E-state index contributed by atoms with van der Waals surface area (Å²) in [4.78, 5) is 12.5. The number of amides is 1. The number of benzene rings is 2. The van der Waals surface area contributed by atoms with Gasteiger partial charge in [-0.2, -0.15) is 5.10 Å². The number of carbonyl (C=O) groups excluding carboxylic acids is 1. The number of hydrogen-bond acceptors (Lipinski definition) is 4. The summed E-state index contributed by atoms with van der Waals surface area (Å²) < 4.78 is 12.1. The highest BCUT2D eigenvalue weighted by Crippen LogP contribution is 2.29. The fraction of sp³-hybridized carbons (Fsp3) is 0.158. The van der Waals surface area contributed by atoms with Gasteiger partial charge in [-0.3, -0.25) is 9.48 Å². The summed E-state index contributed by atoms with van der Waals surface area (Å²) in [6.07, 6.45) is 3.19. The second-order valence-electron chi connectivity index (χ2n) is 5.54. The molecule has 0 aliphatic carbocycles. The lowest BCUT2D eigenvalue weighted by molar-refractivity contribution is 0.102. The highest BCUT2D eigenvalue weighted by atomic mass is 35.5. The average molecular weight is 372 g/mol. The van der Waals surface area contributed by atoms with Crippen LogP contribution in [0.15, 0.2) is 54.9 Å². The molecule has 6 nitrogen and oxygen atoms in total. The molecule has 0 unspecified atom stereocenters. The Morgan fingerprint density at radius 2 is 2.00 bits per heavy atom. The molecule has 1 N–H and O–H groups in total. The van der Waals surface area contributed by atoms with Crippen LogP contribution in [0.5, 0.6) is 11.5 Å². The summed E-state index contributed by atoms with van der Waals surface area (Å²) in [5.41, 5.74) is 1.92. The Morgan fingerprint density at radius 1 is 1.19 bits per heavy atom. The van der Waals surface area contributed by atoms with Crippen molar-refractivity contribution < 1.29 is 14.3 Å². The van der Waals surface area contributed by atoms with Gasteiger partial charge in [0.15, 0.2) is 0 Å². The fourth-order valence-corrected chi connectivity index (χ4v) is 2.66. The fourth-order valence-electron chi connectivity index (χ4n) is 2.46. The Kier molecular flexibility index (Phi) is 5.43. The van der Waals surface area contributed by atoms with Gasteiger partial charge in [-0.1, -0.05) is 29.8 Å². The number of methoxy groups -OCH3 is 2. The number of aromatic nitrogens is 2. The zero-order valence-electron chi connectivity index (χ0n) is 14.4. The Labute approximate surface area is 156 Å². The summed E-state index contributed by atoms with van der Waals surface area (Å²) in [7, 11) is 3.10.